The molecule has 0 atom stereocenters. The highest BCUT2D eigenvalue weighted by Gasteiger charge is 2.27. The standard InChI is InChI=1S/C34H38F4O3/c1-3-5-7-8-10-20-39-29-19-18-27(33(37)34(29)38)24-14-12-23(13-15-24)26-16-17-28(32(36)31(26)35)25-21-40-30(41-22-25)11-9-6-4-2/h4,6,12-19,25,30H,3,5,7-11,20-22H2,1-2H3. The van der Waals surface area contributed by atoms with Gasteiger partial charge in [-0.1, -0.05) is 81.2 Å². The van der Waals surface area contributed by atoms with Gasteiger partial charge in [0.25, 0.3) is 0 Å². The molecule has 1 saturated heterocycles. The first-order valence-corrected chi connectivity index (χ1v) is 14.5. The van der Waals surface area contributed by atoms with E-state index in [1.54, 1.807) is 30.3 Å². The Bertz CT molecular complexity index is 1300. The van der Waals surface area contributed by atoms with Crippen molar-refractivity contribution in [2.45, 2.75) is 71.0 Å². The summed E-state index contributed by atoms with van der Waals surface area (Å²) in [7, 11) is 0. The van der Waals surface area contributed by atoms with Crippen molar-refractivity contribution in [3.8, 4) is 28.0 Å². The van der Waals surface area contributed by atoms with Crippen LogP contribution in [0.1, 0.15) is 70.3 Å². The second kappa shape index (κ2) is 15.2. The van der Waals surface area contributed by atoms with E-state index >= 15 is 8.78 Å². The first-order chi connectivity index (χ1) is 19.9. The van der Waals surface area contributed by atoms with Crippen molar-refractivity contribution in [1.82, 2.24) is 0 Å². The zero-order chi connectivity index (χ0) is 29.2. The lowest BCUT2D eigenvalue weighted by Crippen LogP contribution is -2.31. The first-order valence-electron chi connectivity index (χ1n) is 14.5. The van der Waals surface area contributed by atoms with Crippen LogP contribution in [0.3, 0.4) is 0 Å². The summed E-state index contributed by atoms with van der Waals surface area (Å²) < 4.78 is 76.8. The maximum absolute atomic E-state index is 15.2. The molecule has 0 radical (unpaired) electrons. The highest BCUT2D eigenvalue weighted by molar-refractivity contribution is 5.72. The molecule has 0 aromatic heterocycles. The van der Waals surface area contributed by atoms with E-state index in [-0.39, 0.29) is 41.9 Å². The van der Waals surface area contributed by atoms with Crippen LogP contribution in [0.2, 0.25) is 0 Å². The fourth-order valence-corrected chi connectivity index (χ4v) is 4.97. The predicted octanol–water partition coefficient (Wildman–Crippen LogP) is 9.74. The van der Waals surface area contributed by atoms with Crippen molar-refractivity contribution in [2.75, 3.05) is 19.8 Å². The Morgan fingerprint density at radius 1 is 0.756 bits per heavy atom. The predicted molar refractivity (Wildman–Crippen MR) is 154 cm³/mol. The third kappa shape index (κ3) is 7.77. The second-order valence-electron chi connectivity index (χ2n) is 10.3. The number of hydrogen-bond acceptors (Lipinski definition) is 3. The summed E-state index contributed by atoms with van der Waals surface area (Å²) in [4.78, 5) is 0. The van der Waals surface area contributed by atoms with Gasteiger partial charge in [0.2, 0.25) is 5.82 Å². The van der Waals surface area contributed by atoms with Crippen LogP contribution in [-0.4, -0.2) is 26.1 Å². The van der Waals surface area contributed by atoms with Crippen molar-refractivity contribution < 1.29 is 31.8 Å². The van der Waals surface area contributed by atoms with Crippen molar-refractivity contribution >= 4 is 0 Å². The molecule has 3 aromatic rings. The maximum atomic E-state index is 15.2. The molecule has 0 spiro atoms. The van der Waals surface area contributed by atoms with Crippen molar-refractivity contribution in [2.24, 2.45) is 0 Å². The number of halogens is 4. The molecular formula is C34H38F4O3. The quantitative estimate of drug-likeness (QED) is 0.116. The van der Waals surface area contributed by atoms with E-state index in [2.05, 4.69) is 6.92 Å². The second-order valence-corrected chi connectivity index (χ2v) is 10.3. The number of unbranched alkanes of at least 4 members (excludes halogenated alkanes) is 4. The lowest BCUT2D eigenvalue weighted by molar-refractivity contribution is -0.189. The zero-order valence-electron chi connectivity index (χ0n) is 23.7. The van der Waals surface area contributed by atoms with Gasteiger partial charge < -0.3 is 14.2 Å². The summed E-state index contributed by atoms with van der Waals surface area (Å²) in [6.07, 6.45) is 10.3. The molecule has 0 saturated carbocycles. The van der Waals surface area contributed by atoms with Gasteiger partial charge >= 0.3 is 0 Å². The SMILES string of the molecule is CC=CCCC1OCC(c2ccc(-c3ccc(-c4ccc(OCCCCCCC)c(F)c4F)cc3)c(F)c2F)CO1. The van der Waals surface area contributed by atoms with Crippen molar-refractivity contribution in [3.63, 3.8) is 0 Å². The lowest BCUT2D eigenvalue weighted by Gasteiger charge is -2.30. The van der Waals surface area contributed by atoms with Crippen LogP contribution in [0, 0.1) is 23.3 Å². The van der Waals surface area contributed by atoms with Gasteiger partial charge in [0.05, 0.1) is 19.8 Å². The lowest BCUT2D eigenvalue weighted by atomic mass is 9.94. The minimum absolute atomic E-state index is 0.0627. The third-order valence-electron chi connectivity index (χ3n) is 7.38. The van der Waals surface area contributed by atoms with E-state index in [1.807, 2.05) is 19.1 Å². The van der Waals surface area contributed by atoms with Crippen LogP contribution in [0.4, 0.5) is 17.6 Å². The van der Waals surface area contributed by atoms with Crippen LogP contribution in [0.25, 0.3) is 22.3 Å². The number of allylic oxidation sites excluding steroid dienone is 2. The molecule has 0 N–H and O–H groups in total. The molecule has 0 amide bonds. The van der Waals surface area contributed by atoms with Crippen LogP contribution in [0.15, 0.2) is 60.7 Å². The molecule has 7 heteroatoms. The third-order valence-corrected chi connectivity index (χ3v) is 7.38. The van der Waals surface area contributed by atoms with E-state index < -0.39 is 29.2 Å². The van der Waals surface area contributed by atoms with Crippen LogP contribution in [0.5, 0.6) is 5.75 Å². The maximum Gasteiger partial charge on any atom is 0.201 e. The Morgan fingerprint density at radius 3 is 2.00 bits per heavy atom. The summed E-state index contributed by atoms with van der Waals surface area (Å²) in [5.74, 6) is -4.49. The summed E-state index contributed by atoms with van der Waals surface area (Å²) in [5.41, 5.74) is 1.17. The number of hydrogen-bond donors (Lipinski definition) is 0. The van der Waals surface area contributed by atoms with E-state index in [0.29, 0.717) is 24.2 Å². The minimum atomic E-state index is -1.04. The van der Waals surface area contributed by atoms with E-state index in [0.717, 1.165) is 38.5 Å². The summed E-state index contributed by atoms with van der Waals surface area (Å²) in [6.45, 7) is 4.89. The summed E-state index contributed by atoms with van der Waals surface area (Å²) in [6, 6.07) is 12.2. The van der Waals surface area contributed by atoms with E-state index in [4.69, 9.17) is 14.2 Å². The van der Waals surface area contributed by atoms with E-state index in [1.165, 1.54) is 18.2 Å². The first kappa shape index (κ1) is 30.8. The molecule has 1 aliphatic rings. The smallest absolute Gasteiger partial charge is 0.201 e. The molecule has 0 aliphatic carbocycles. The van der Waals surface area contributed by atoms with Gasteiger partial charge in [-0.05, 0) is 48.6 Å². The highest BCUT2D eigenvalue weighted by Crippen LogP contribution is 2.34. The number of ether oxygens (including phenoxy) is 3. The molecule has 3 nitrogen and oxygen atoms in total. The minimum Gasteiger partial charge on any atom is -0.490 e. The monoisotopic (exact) mass is 570 g/mol. The Balaban J connectivity index is 1.41. The molecule has 1 fully saturated rings. The Labute approximate surface area is 240 Å². The molecular weight excluding hydrogens is 532 g/mol. The van der Waals surface area contributed by atoms with Crippen molar-refractivity contribution in [3.05, 3.63) is 89.5 Å². The average Bonchev–Trinajstić information content (AvgIpc) is 2.99. The van der Waals surface area contributed by atoms with Gasteiger partial charge in [-0.2, -0.15) is 4.39 Å². The van der Waals surface area contributed by atoms with Crippen LogP contribution >= 0.6 is 0 Å². The average molecular weight is 571 g/mol. The Hall–Kier alpha value is -3.16. The molecule has 3 aromatic carbocycles. The largest absolute Gasteiger partial charge is 0.490 e. The van der Waals surface area contributed by atoms with Crippen LogP contribution < -0.4 is 4.74 Å². The fraction of sp³-hybridized carbons (Fsp3) is 0.412. The topological polar surface area (TPSA) is 27.7 Å². The van der Waals surface area contributed by atoms with Gasteiger partial charge in [0, 0.05) is 23.5 Å². The fourth-order valence-electron chi connectivity index (χ4n) is 4.97. The Morgan fingerprint density at radius 2 is 1.37 bits per heavy atom. The highest BCUT2D eigenvalue weighted by atomic mass is 19.2. The molecule has 1 heterocycles. The molecule has 41 heavy (non-hydrogen) atoms. The normalized spacial score (nSPS) is 17.3. The molecule has 0 unspecified atom stereocenters. The van der Waals surface area contributed by atoms with Gasteiger partial charge in [-0.15, -0.1) is 0 Å². The van der Waals surface area contributed by atoms with Crippen LogP contribution in [-0.2, 0) is 9.47 Å². The Kier molecular flexibility index (Phi) is 11.4. The molecule has 0 bridgehead atoms. The van der Waals surface area contributed by atoms with Gasteiger partial charge in [0.15, 0.2) is 29.5 Å². The van der Waals surface area contributed by atoms with Gasteiger partial charge in [-0.25, -0.2) is 13.2 Å². The molecule has 4 rings (SSSR count). The number of rotatable bonds is 13. The summed E-state index contributed by atoms with van der Waals surface area (Å²) >= 11 is 0. The van der Waals surface area contributed by atoms with Gasteiger partial charge in [0.1, 0.15) is 0 Å². The molecule has 220 valence electrons. The van der Waals surface area contributed by atoms with Gasteiger partial charge in [-0.3, -0.25) is 0 Å². The van der Waals surface area contributed by atoms with E-state index in [9.17, 15) is 8.78 Å². The number of benzene rings is 3. The molecule has 1 aliphatic heterocycles. The summed E-state index contributed by atoms with van der Waals surface area (Å²) in [5, 5.41) is 0. The van der Waals surface area contributed by atoms with Crippen molar-refractivity contribution in [1.29, 1.82) is 0 Å². The zero-order valence-corrected chi connectivity index (χ0v) is 23.7.